The zero-order valence-corrected chi connectivity index (χ0v) is 12.6. The molecule has 1 aromatic carbocycles. The monoisotopic (exact) mass is 280 g/mol. The summed E-state index contributed by atoms with van der Waals surface area (Å²) in [6.07, 6.45) is 0. The first-order valence-corrected chi connectivity index (χ1v) is 8.06. The van der Waals surface area contributed by atoms with Crippen LogP contribution in [0.4, 0.5) is 0 Å². The van der Waals surface area contributed by atoms with Crippen LogP contribution in [0.2, 0.25) is 6.04 Å². The van der Waals surface area contributed by atoms with Gasteiger partial charge in [-0.05, 0) is 12.1 Å². The van der Waals surface area contributed by atoms with Crippen molar-refractivity contribution in [2.24, 2.45) is 0 Å². The maximum atomic E-state index is 11.4. The van der Waals surface area contributed by atoms with E-state index >= 15 is 0 Å². The van der Waals surface area contributed by atoms with Gasteiger partial charge >= 0.3 is 14.5 Å². The van der Waals surface area contributed by atoms with Crippen molar-refractivity contribution in [1.29, 1.82) is 0 Å². The molecule has 0 saturated carbocycles. The summed E-state index contributed by atoms with van der Waals surface area (Å²) < 4.78 is 16.4. The maximum Gasteiger partial charge on any atom is 0.375 e. The van der Waals surface area contributed by atoms with E-state index in [4.69, 9.17) is 13.6 Å². The van der Waals surface area contributed by atoms with Crippen LogP contribution in [-0.2, 0) is 18.4 Å². The third-order valence-electron chi connectivity index (χ3n) is 2.89. The van der Waals surface area contributed by atoms with Crippen molar-refractivity contribution in [3.05, 3.63) is 42.5 Å². The number of carbonyl (C=O) groups is 1. The van der Waals surface area contributed by atoms with Crippen LogP contribution in [0, 0.1) is 0 Å². The summed E-state index contributed by atoms with van der Waals surface area (Å²) in [6.45, 7) is 5.42. The third-order valence-corrected chi connectivity index (χ3v) is 6.28. The zero-order valence-electron chi connectivity index (χ0n) is 11.6. The number of ether oxygens (including phenoxy) is 1. The molecule has 0 heterocycles. The van der Waals surface area contributed by atoms with Crippen molar-refractivity contribution < 1.29 is 18.4 Å². The van der Waals surface area contributed by atoms with Crippen LogP contribution in [0.15, 0.2) is 42.5 Å². The van der Waals surface area contributed by atoms with Gasteiger partial charge in [0.15, 0.2) is 0 Å². The predicted molar refractivity (Wildman–Crippen MR) is 76.4 cm³/mol. The fraction of sp³-hybridized carbons (Fsp3) is 0.357. The predicted octanol–water partition coefficient (Wildman–Crippen LogP) is 1.75. The van der Waals surface area contributed by atoms with Crippen molar-refractivity contribution in [3.8, 4) is 0 Å². The van der Waals surface area contributed by atoms with Gasteiger partial charge in [0.05, 0.1) is 6.61 Å². The minimum absolute atomic E-state index is 0.258. The molecule has 0 aliphatic heterocycles. The van der Waals surface area contributed by atoms with Crippen molar-refractivity contribution in [2.45, 2.75) is 13.0 Å². The van der Waals surface area contributed by atoms with E-state index < -0.39 is 8.56 Å². The highest BCUT2D eigenvalue weighted by Gasteiger charge is 2.38. The molecule has 0 radical (unpaired) electrons. The largest absolute Gasteiger partial charge is 0.462 e. The SMILES string of the molecule is C=C(C)C(=O)OCC[Si](OC)(OC)c1ccccc1. The molecular formula is C14H20O4Si. The van der Waals surface area contributed by atoms with Crippen molar-refractivity contribution in [3.63, 3.8) is 0 Å². The first-order chi connectivity index (χ1) is 9.05. The molecule has 104 valence electrons. The van der Waals surface area contributed by atoms with Crippen LogP contribution < -0.4 is 5.19 Å². The van der Waals surface area contributed by atoms with E-state index in [0.717, 1.165) is 5.19 Å². The molecule has 0 aromatic heterocycles. The van der Waals surface area contributed by atoms with Gasteiger partial charge in [-0.1, -0.05) is 36.9 Å². The summed E-state index contributed by atoms with van der Waals surface area (Å²) in [5.41, 5.74) is 0.391. The Labute approximate surface area is 115 Å². The van der Waals surface area contributed by atoms with Crippen molar-refractivity contribution >= 4 is 19.7 Å². The summed E-state index contributed by atoms with van der Waals surface area (Å²) in [5, 5.41) is 1.02. The lowest BCUT2D eigenvalue weighted by Crippen LogP contribution is -2.53. The minimum Gasteiger partial charge on any atom is -0.462 e. The Morgan fingerprint density at radius 2 is 1.79 bits per heavy atom. The standard InChI is InChI=1S/C14H20O4Si/c1-12(2)14(15)18-10-11-19(16-3,17-4)13-8-6-5-7-9-13/h5-9H,1,10-11H2,2-4H3. The molecule has 4 nitrogen and oxygen atoms in total. The van der Waals surface area contributed by atoms with Gasteiger partial charge in [-0.15, -0.1) is 0 Å². The molecule has 0 aliphatic rings. The molecule has 1 rings (SSSR count). The number of hydrogen-bond acceptors (Lipinski definition) is 4. The van der Waals surface area contributed by atoms with Gasteiger partial charge < -0.3 is 13.6 Å². The first kappa shape index (κ1) is 15.6. The summed E-state index contributed by atoms with van der Waals surface area (Å²) in [5.74, 6) is -0.386. The maximum absolute atomic E-state index is 11.4. The van der Waals surface area contributed by atoms with Gasteiger partial charge in [-0.2, -0.15) is 0 Å². The summed E-state index contributed by atoms with van der Waals surface area (Å²) in [7, 11) is 0.728. The fourth-order valence-corrected chi connectivity index (χ4v) is 4.17. The van der Waals surface area contributed by atoms with Crippen LogP contribution in [0.3, 0.4) is 0 Å². The average molecular weight is 280 g/mol. The molecule has 1 aromatic rings. The van der Waals surface area contributed by atoms with Crippen LogP contribution in [0.1, 0.15) is 6.92 Å². The van der Waals surface area contributed by atoms with E-state index in [1.54, 1.807) is 21.1 Å². The van der Waals surface area contributed by atoms with Crippen LogP contribution in [0.25, 0.3) is 0 Å². The molecule has 0 amide bonds. The number of carbonyl (C=O) groups excluding carboxylic acids is 1. The van der Waals surface area contributed by atoms with E-state index in [2.05, 4.69) is 6.58 Å². The zero-order chi connectivity index (χ0) is 14.3. The molecule has 0 aliphatic carbocycles. The smallest absolute Gasteiger partial charge is 0.375 e. The van der Waals surface area contributed by atoms with Crippen molar-refractivity contribution in [1.82, 2.24) is 0 Å². The highest BCUT2D eigenvalue weighted by Crippen LogP contribution is 2.13. The van der Waals surface area contributed by atoms with E-state index in [0.29, 0.717) is 11.6 Å². The van der Waals surface area contributed by atoms with E-state index in [9.17, 15) is 4.79 Å². The molecule has 0 fully saturated rings. The Morgan fingerprint density at radius 3 is 2.26 bits per heavy atom. The second-order valence-electron chi connectivity index (χ2n) is 4.19. The molecule has 19 heavy (non-hydrogen) atoms. The molecule has 0 atom stereocenters. The number of benzene rings is 1. The molecule has 0 N–H and O–H groups in total. The lowest BCUT2D eigenvalue weighted by atomic mass is 10.4. The number of hydrogen-bond donors (Lipinski definition) is 0. The Bertz CT molecular complexity index is 426. The van der Waals surface area contributed by atoms with Crippen LogP contribution in [-0.4, -0.2) is 35.4 Å². The Kier molecular flexibility index (Phi) is 5.94. The van der Waals surface area contributed by atoms with Gasteiger partial charge in [0.2, 0.25) is 0 Å². The van der Waals surface area contributed by atoms with Gasteiger partial charge in [0.25, 0.3) is 0 Å². The Hall–Kier alpha value is -1.43. The lowest BCUT2D eigenvalue weighted by Gasteiger charge is -2.27. The summed E-state index contributed by atoms with van der Waals surface area (Å²) in [4.78, 5) is 11.4. The second-order valence-corrected chi connectivity index (χ2v) is 7.59. The Morgan fingerprint density at radius 1 is 1.21 bits per heavy atom. The van der Waals surface area contributed by atoms with Gasteiger partial charge in [-0.3, -0.25) is 0 Å². The molecule has 0 spiro atoms. The van der Waals surface area contributed by atoms with Crippen LogP contribution in [0.5, 0.6) is 0 Å². The van der Waals surface area contributed by atoms with Gasteiger partial charge in [0, 0.05) is 25.8 Å². The molecule has 0 bridgehead atoms. The highest BCUT2D eigenvalue weighted by atomic mass is 28.4. The molecule has 0 saturated heterocycles. The van der Waals surface area contributed by atoms with E-state index in [1.807, 2.05) is 30.3 Å². The van der Waals surface area contributed by atoms with E-state index in [-0.39, 0.29) is 12.6 Å². The summed E-state index contributed by atoms with van der Waals surface area (Å²) >= 11 is 0. The first-order valence-electron chi connectivity index (χ1n) is 6.04. The molecule has 5 heteroatoms. The Balaban J connectivity index is 2.73. The topological polar surface area (TPSA) is 44.8 Å². The number of rotatable bonds is 7. The molecule has 0 unspecified atom stereocenters. The fourth-order valence-electron chi connectivity index (χ4n) is 1.76. The minimum atomic E-state index is -2.53. The normalized spacial score (nSPS) is 11.1. The quantitative estimate of drug-likeness (QED) is 0.433. The lowest BCUT2D eigenvalue weighted by molar-refractivity contribution is -0.138. The van der Waals surface area contributed by atoms with E-state index in [1.165, 1.54) is 0 Å². The van der Waals surface area contributed by atoms with Crippen molar-refractivity contribution in [2.75, 3.05) is 20.8 Å². The highest BCUT2D eigenvalue weighted by molar-refractivity contribution is 6.81. The second kappa shape index (κ2) is 7.23. The van der Waals surface area contributed by atoms with Crippen LogP contribution >= 0.6 is 0 Å². The average Bonchev–Trinajstić information content (AvgIpc) is 2.44. The van der Waals surface area contributed by atoms with Gasteiger partial charge in [0.1, 0.15) is 0 Å². The third kappa shape index (κ3) is 4.02. The number of esters is 1. The summed E-state index contributed by atoms with van der Waals surface area (Å²) in [6, 6.07) is 10.3. The molecular weight excluding hydrogens is 260 g/mol. The van der Waals surface area contributed by atoms with Gasteiger partial charge in [-0.25, -0.2) is 4.79 Å².